The number of rotatable bonds is 4. The highest BCUT2D eigenvalue weighted by Gasteiger charge is 2.62. The number of benzene rings is 1. The number of nitrogens with one attached hydrogen (secondary N) is 1. The maximum absolute atomic E-state index is 12.7. The van der Waals surface area contributed by atoms with Gasteiger partial charge in [0.05, 0.1) is 5.92 Å². The molecule has 2 aromatic rings. The highest BCUT2D eigenvalue weighted by Crippen LogP contribution is 2.62. The van der Waals surface area contributed by atoms with E-state index in [0.29, 0.717) is 23.2 Å². The second-order valence-electron chi connectivity index (χ2n) is 8.81. The van der Waals surface area contributed by atoms with Crippen LogP contribution in [-0.4, -0.2) is 46.2 Å². The van der Waals surface area contributed by atoms with Gasteiger partial charge in [-0.15, -0.1) is 5.10 Å². The fourth-order valence-electron chi connectivity index (χ4n) is 4.93. The topological polar surface area (TPSA) is 80.5 Å². The maximum Gasteiger partial charge on any atom is 0.316 e. The molecular formula is C21H24N4O3. The molecule has 1 N–H and O–H groups in total. The van der Waals surface area contributed by atoms with Gasteiger partial charge in [-0.1, -0.05) is 23.3 Å². The van der Waals surface area contributed by atoms with Gasteiger partial charge in [0.1, 0.15) is 17.9 Å². The third-order valence-electron chi connectivity index (χ3n) is 7.02. The smallest absolute Gasteiger partial charge is 0.316 e. The number of likely N-dealkylation sites (tertiary alicyclic amines) is 1. The first kappa shape index (κ1) is 16.4. The molecule has 0 bridgehead atoms. The van der Waals surface area contributed by atoms with Gasteiger partial charge >= 0.3 is 6.01 Å². The minimum absolute atomic E-state index is 0.0906. The summed E-state index contributed by atoms with van der Waals surface area (Å²) in [7, 11) is 0. The Kier molecular flexibility index (Phi) is 3.35. The quantitative estimate of drug-likeness (QED) is 0.878. The summed E-state index contributed by atoms with van der Waals surface area (Å²) in [6, 6.07) is 8.04. The van der Waals surface area contributed by atoms with E-state index in [-0.39, 0.29) is 24.0 Å². The van der Waals surface area contributed by atoms with Crippen molar-refractivity contribution in [3.05, 3.63) is 35.7 Å². The van der Waals surface area contributed by atoms with Crippen molar-refractivity contribution in [2.75, 3.05) is 18.4 Å². The molecule has 3 fully saturated rings. The molecule has 28 heavy (non-hydrogen) atoms. The molecule has 146 valence electrons. The number of fused-ring (bicyclic) bond motifs is 3. The lowest BCUT2D eigenvalue weighted by Gasteiger charge is -2.33. The van der Waals surface area contributed by atoms with Crippen LogP contribution in [0.4, 0.5) is 6.01 Å². The summed E-state index contributed by atoms with van der Waals surface area (Å²) >= 11 is 0. The van der Waals surface area contributed by atoms with Crippen LogP contribution in [0.2, 0.25) is 0 Å². The third-order valence-corrected chi connectivity index (χ3v) is 7.02. The summed E-state index contributed by atoms with van der Waals surface area (Å²) < 4.78 is 11.8. The molecule has 0 radical (unpaired) electrons. The molecule has 2 aliphatic carbocycles. The second kappa shape index (κ2) is 5.72. The van der Waals surface area contributed by atoms with Crippen molar-refractivity contribution in [2.24, 2.45) is 5.41 Å². The molecule has 3 heterocycles. The number of piperidine rings is 1. The Morgan fingerprint density at radius 1 is 1.18 bits per heavy atom. The molecule has 6 rings (SSSR count). The summed E-state index contributed by atoms with van der Waals surface area (Å²) in [4.78, 5) is 14.7. The molecule has 1 spiro atoms. The Morgan fingerprint density at radius 2 is 1.96 bits per heavy atom. The average molecular weight is 380 g/mol. The predicted octanol–water partition coefficient (Wildman–Crippen LogP) is 2.91. The molecule has 1 saturated heterocycles. The molecular weight excluding hydrogens is 356 g/mol. The summed E-state index contributed by atoms with van der Waals surface area (Å²) in [6.45, 7) is 3.59. The summed E-state index contributed by atoms with van der Waals surface area (Å²) in [6.07, 6.45) is 5.05. The predicted molar refractivity (Wildman–Crippen MR) is 101 cm³/mol. The Labute approximate surface area is 163 Å². The SMILES string of the molecule is C[C@H](Nc1nnc([C@H]2C3Oc4ccccc4C32)o1)C(=O)N1CCC2(CC1)CC2. The third kappa shape index (κ3) is 2.52. The highest BCUT2D eigenvalue weighted by molar-refractivity contribution is 5.83. The standard InChI is InChI=1S/C21H24N4O3/c1-12(19(26)25-10-8-21(6-7-21)9-11-25)22-20-24-23-18(28-20)16-15-13-4-2-3-5-14(13)27-17(15)16/h2-5,12,15-17H,6-11H2,1H3,(H,22,24)/t12-,15?,16+,17?/m0/s1. The number of carbonyl (C=O) groups is 1. The average Bonchev–Trinajstić information content (AvgIpc) is 3.52. The number of nitrogens with zero attached hydrogens (tertiary/aromatic N) is 3. The zero-order valence-corrected chi connectivity index (χ0v) is 15.9. The number of hydrogen-bond donors (Lipinski definition) is 1. The number of amides is 1. The van der Waals surface area contributed by atoms with Crippen LogP contribution >= 0.6 is 0 Å². The van der Waals surface area contributed by atoms with Crippen LogP contribution in [0, 0.1) is 5.41 Å². The minimum atomic E-state index is -0.378. The van der Waals surface area contributed by atoms with Crippen molar-refractivity contribution in [2.45, 2.75) is 56.6 Å². The van der Waals surface area contributed by atoms with Crippen LogP contribution in [0.3, 0.4) is 0 Å². The van der Waals surface area contributed by atoms with Crippen molar-refractivity contribution in [1.82, 2.24) is 15.1 Å². The lowest BCUT2D eigenvalue weighted by atomic mass is 9.93. The molecule has 2 aliphatic heterocycles. The molecule has 2 saturated carbocycles. The normalized spacial score (nSPS) is 29.6. The van der Waals surface area contributed by atoms with Crippen molar-refractivity contribution in [3.63, 3.8) is 0 Å². The number of para-hydroxylation sites is 1. The Balaban J connectivity index is 1.09. The van der Waals surface area contributed by atoms with Gasteiger partial charge in [0.25, 0.3) is 0 Å². The molecule has 7 nitrogen and oxygen atoms in total. The van der Waals surface area contributed by atoms with Crippen molar-refractivity contribution in [1.29, 1.82) is 0 Å². The van der Waals surface area contributed by atoms with Gasteiger partial charge in [-0.05, 0) is 44.1 Å². The van der Waals surface area contributed by atoms with E-state index in [2.05, 4.69) is 21.6 Å². The number of anilines is 1. The highest BCUT2D eigenvalue weighted by atomic mass is 16.5. The van der Waals surface area contributed by atoms with Gasteiger partial charge in [0.15, 0.2) is 0 Å². The van der Waals surface area contributed by atoms with E-state index in [4.69, 9.17) is 9.15 Å². The minimum Gasteiger partial charge on any atom is -0.489 e. The summed E-state index contributed by atoms with van der Waals surface area (Å²) in [5.74, 6) is 2.06. The molecule has 1 aromatic carbocycles. The largest absolute Gasteiger partial charge is 0.489 e. The number of carbonyl (C=O) groups excluding carboxylic acids is 1. The zero-order chi connectivity index (χ0) is 18.9. The van der Waals surface area contributed by atoms with Crippen LogP contribution in [0.5, 0.6) is 5.75 Å². The van der Waals surface area contributed by atoms with Crippen LogP contribution < -0.4 is 10.1 Å². The van der Waals surface area contributed by atoms with Crippen molar-refractivity contribution in [3.8, 4) is 5.75 Å². The van der Waals surface area contributed by atoms with E-state index < -0.39 is 0 Å². The van der Waals surface area contributed by atoms with E-state index in [1.54, 1.807) is 0 Å². The number of ether oxygens (including phenoxy) is 1. The van der Waals surface area contributed by atoms with Gasteiger partial charge in [0.2, 0.25) is 11.8 Å². The lowest BCUT2D eigenvalue weighted by molar-refractivity contribution is -0.133. The van der Waals surface area contributed by atoms with Gasteiger partial charge < -0.3 is 19.4 Å². The van der Waals surface area contributed by atoms with Gasteiger partial charge in [-0.2, -0.15) is 0 Å². The molecule has 2 unspecified atom stereocenters. The maximum atomic E-state index is 12.7. The zero-order valence-electron chi connectivity index (χ0n) is 15.9. The summed E-state index contributed by atoms with van der Waals surface area (Å²) in [5, 5.41) is 11.4. The van der Waals surface area contributed by atoms with E-state index >= 15 is 0 Å². The first-order valence-electron chi connectivity index (χ1n) is 10.3. The Bertz CT molecular complexity index is 927. The van der Waals surface area contributed by atoms with Crippen LogP contribution in [-0.2, 0) is 4.79 Å². The van der Waals surface area contributed by atoms with E-state index in [1.807, 2.05) is 30.0 Å². The number of aromatic nitrogens is 2. The van der Waals surface area contributed by atoms with Gasteiger partial charge in [0, 0.05) is 24.6 Å². The second-order valence-corrected chi connectivity index (χ2v) is 8.81. The van der Waals surface area contributed by atoms with Gasteiger partial charge in [-0.25, -0.2) is 0 Å². The summed E-state index contributed by atoms with van der Waals surface area (Å²) in [5.41, 5.74) is 1.78. The first-order chi connectivity index (χ1) is 13.6. The van der Waals surface area contributed by atoms with Crippen LogP contribution in [0.1, 0.15) is 55.9 Å². The van der Waals surface area contributed by atoms with Crippen LogP contribution in [0.25, 0.3) is 0 Å². The molecule has 1 aromatic heterocycles. The molecule has 7 heteroatoms. The van der Waals surface area contributed by atoms with Crippen molar-refractivity contribution >= 4 is 11.9 Å². The monoisotopic (exact) mass is 380 g/mol. The fraction of sp³-hybridized carbons (Fsp3) is 0.571. The molecule has 4 atom stereocenters. The first-order valence-corrected chi connectivity index (χ1v) is 10.3. The van der Waals surface area contributed by atoms with E-state index in [0.717, 1.165) is 31.7 Å². The molecule has 4 aliphatic rings. The lowest BCUT2D eigenvalue weighted by Crippen LogP contribution is -2.45. The Hall–Kier alpha value is -2.57. The fourth-order valence-corrected chi connectivity index (χ4v) is 4.93. The number of hydrogen-bond acceptors (Lipinski definition) is 6. The van der Waals surface area contributed by atoms with Crippen molar-refractivity contribution < 1.29 is 13.9 Å². The Morgan fingerprint density at radius 3 is 2.75 bits per heavy atom. The van der Waals surface area contributed by atoms with Gasteiger partial charge in [-0.3, -0.25) is 4.79 Å². The van der Waals surface area contributed by atoms with E-state index in [9.17, 15) is 4.79 Å². The molecule has 1 amide bonds. The van der Waals surface area contributed by atoms with Crippen LogP contribution in [0.15, 0.2) is 28.7 Å². The van der Waals surface area contributed by atoms with E-state index in [1.165, 1.54) is 18.4 Å².